The minimum atomic E-state index is -3.81. The quantitative estimate of drug-likeness (QED) is 0.864. The van der Waals surface area contributed by atoms with Crippen LogP contribution in [0.3, 0.4) is 0 Å². The Hall–Kier alpha value is -2.45. The van der Waals surface area contributed by atoms with Crippen molar-refractivity contribution in [3.63, 3.8) is 0 Å². The Bertz CT molecular complexity index is 1000. The second-order valence-electron chi connectivity index (χ2n) is 6.09. The highest BCUT2D eigenvalue weighted by molar-refractivity contribution is 7.89. The summed E-state index contributed by atoms with van der Waals surface area (Å²) in [6, 6.07) is 7.65. The molecule has 2 aromatic rings. The molecule has 1 atom stereocenters. The van der Waals surface area contributed by atoms with Gasteiger partial charge in [0.25, 0.3) is 5.91 Å². The van der Waals surface area contributed by atoms with E-state index in [0.29, 0.717) is 28.6 Å². The Morgan fingerprint density at radius 3 is 2.71 bits per heavy atom. The molecule has 8 heteroatoms. The number of carbonyl (C=O) groups excluding carboxylic acids is 2. The molecule has 1 unspecified atom stereocenters. The molecule has 1 saturated heterocycles. The van der Waals surface area contributed by atoms with Gasteiger partial charge in [0.2, 0.25) is 15.9 Å². The average molecular weight is 345 g/mol. The van der Waals surface area contributed by atoms with E-state index in [1.54, 1.807) is 31.3 Å². The lowest BCUT2D eigenvalue weighted by atomic mass is 10.1. The Morgan fingerprint density at radius 2 is 2.00 bits per heavy atom. The summed E-state index contributed by atoms with van der Waals surface area (Å²) >= 11 is 0. The van der Waals surface area contributed by atoms with E-state index in [2.05, 4.69) is 10.0 Å². The molecule has 0 aromatic heterocycles. The zero-order valence-corrected chi connectivity index (χ0v) is 13.7. The number of amides is 2. The fraction of sp³-hybridized carbons (Fsp3) is 0.250. The first-order valence-corrected chi connectivity index (χ1v) is 8.98. The summed E-state index contributed by atoms with van der Waals surface area (Å²) < 4.78 is 28.2. The van der Waals surface area contributed by atoms with Gasteiger partial charge in [-0.15, -0.1) is 0 Å². The number of nitrogens with one attached hydrogen (secondary N) is 2. The lowest BCUT2D eigenvalue weighted by molar-refractivity contribution is -0.126. The molecule has 0 aliphatic carbocycles. The van der Waals surface area contributed by atoms with Crippen molar-refractivity contribution in [2.24, 2.45) is 0 Å². The highest BCUT2D eigenvalue weighted by atomic mass is 32.2. The van der Waals surface area contributed by atoms with Crippen LogP contribution < -0.4 is 10.0 Å². The summed E-state index contributed by atoms with van der Waals surface area (Å²) in [4.78, 5) is 25.2. The molecule has 1 fully saturated rings. The van der Waals surface area contributed by atoms with Crippen LogP contribution in [-0.2, 0) is 14.8 Å². The van der Waals surface area contributed by atoms with Crippen LogP contribution in [-0.4, -0.2) is 44.8 Å². The number of benzene rings is 2. The van der Waals surface area contributed by atoms with Crippen LogP contribution in [0, 0.1) is 0 Å². The number of hydrogen-bond donors (Lipinski definition) is 2. The molecule has 2 aliphatic heterocycles. The summed E-state index contributed by atoms with van der Waals surface area (Å²) in [5, 5.41) is 3.84. The number of hydrogen-bond acceptors (Lipinski definition) is 4. The minimum Gasteiger partial charge on any atom is -0.344 e. The molecule has 0 spiro atoms. The topological polar surface area (TPSA) is 95.6 Å². The molecule has 2 aliphatic rings. The normalized spacial score (nSPS) is 20.0. The highest BCUT2D eigenvalue weighted by Gasteiger charge is 2.32. The third kappa shape index (κ3) is 2.18. The van der Waals surface area contributed by atoms with E-state index in [1.807, 2.05) is 0 Å². The first-order valence-electron chi connectivity index (χ1n) is 7.50. The SMILES string of the molecule is CN1CC(NS(=O)(=O)c2ccc3c4c(cccc24)C(=O)N3)CC1=O. The van der Waals surface area contributed by atoms with Crippen molar-refractivity contribution in [1.82, 2.24) is 9.62 Å². The molecule has 0 bridgehead atoms. The van der Waals surface area contributed by atoms with Gasteiger partial charge in [-0.3, -0.25) is 9.59 Å². The number of rotatable bonds is 3. The summed E-state index contributed by atoms with van der Waals surface area (Å²) in [6.45, 7) is 0.347. The molecule has 124 valence electrons. The van der Waals surface area contributed by atoms with E-state index in [9.17, 15) is 18.0 Å². The van der Waals surface area contributed by atoms with Gasteiger partial charge >= 0.3 is 0 Å². The molecule has 2 aromatic carbocycles. The van der Waals surface area contributed by atoms with E-state index < -0.39 is 16.1 Å². The van der Waals surface area contributed by atoms with Crippen molar-refractivity contribution in [3.8, 4) is 0 Å². The van der Waals surface area contributed by atoms with Gasteiger partial charge in [0.15, 0.2) is 0 Å². The molecule has 0 radical (unpaired) electrons. The Morgan fingerprint density at radius 1 is 1.21 bits per heavy atom. The Kier molecular flexibility index (Phi) is 3.16. The van der Waals surface area contributed by atoms with Gasteiger partial charge in [-0.25, -0.2) is 13.1 Å². The minimum absolute atomic E-state index is 0.0853. The van der Waals surface area contributed by atoms with Crippen LogP contribution in [0.25, 0.3) is 10.8 Å². The van der Waals surface area contributed by atoms with Crippen LogP contribution >= 0.6 is 0 Å². The van der Waals surface area contributed by atoms with E-state index in [1.165, 1.54) is 11.0 Å². The molecular formula is C16H15N3O4S. The van der Waals surface area contributed by atoms with Gasteiger partial charge < -0.3 is 10.2 Å². The van der Waals surface area contributed by atoms with Gasteiger partial charge in [0, 0.05) is 48.1 Å². The molecule has 4 rings (SSSR count). The van der Waals surface area contributed by atoms with Crippen molar-refractivity contribution >= 4 is 38.3 Å². The number of sulfonamides is 1. The predicted octanol–water partition coefficient (Wildman–Crippen LogP) is 0.914. The maximum atomic E-state index is 12.8. The lowest BCUT2D eigenvalue weighted by Gasteiger charge is -2.14. The largest absolute Gasteiger partial charge is 0.344 e. The van der Waals surface area contributed by atoms with Crippen molar-refractivity contribution in [2.45, 2.75) is 17.4 Å². The fourth-order valence-electron chi connectivity index (χ4n) is 3.32. The average Bonchev–Trinajstić information content (AvgIpc) is 3.00. The maximum absolute atomic E-state index is 12.8. The van der Waals surface area contributed by atoms with Crippen molar-refractivity contribution in [3.05, 3.63) is 35.9 Å². The maximum Gasteiger partial charge on any atom is 0.256 e. The van der Waals surface area contributed by atoms with Gasteiger partial charge in [0.1, 0.15) is 0 Å². The van der Waals surface area contributed by atoms with E-state index >= 15 is 0 Å². The molecule has 2 amide bonds. The molecule has 0 saturated carbocycles. The second-order valence-corrected chi connectivity index (χ2v) is 7.77. The molecule has 2 N–H and O–H groups in total. The summed E-state index contributed by atoms with van der Waals surface area (Å²) in [7, 11) is -2.16. The van der Waals surface area contributed by atoms with Crippen LogP contribution in [0.1, 0.15) is 16.8 Å². The highest BCUT2D eigenvalue weighted by Crippen LogP contribution is 2.36. The first kappa shape index (κ1) is 15.1. The number of carbonyl (C=O) groups is 2. The van der Waals surface area contributed by atoms with Crippen molar-refractivity contribution in [1.29, 1.82) is 0 Å². The summed E-state index contributed by atoms with van der Waals surface area (Å²) in [5.74, 6) is -0.320. The summed E-state index contributed by atoms with van der Waals surface area (Å²) in [5.41, 5.74) is 1.08. The van der Waals surface area contributed by atoms with E-state index in [4.69, 9.17) is 0 Å². The number of nitrogens with zero attached hydrogens (tertiary/aromatic N) is 1. The fourth-order valence-corrected chi connectivity index (χ4v) is 4.75. The van der Waals surface area contributed by atoms with Crippen LogP contribution in [0.2, 0.25) is 0 Å². The van der Waals surface area contributed by atoms with Gasteiger partial charge in [0.05, 0.1) is 4.90 Å². The van der Waals surface area contributed by atoms with Gasteiger partial charge in [-0.2, -0.15) is 0 Å². The van der Waals surface area contributed by atoms with E-state index in [0.717, 1.165) is 0 Å². The zero-order chi connectivity index (χ0) is 17.1. The van der Waals surface area contributed by atoms with E-state index in [-0.39, 0.29) is 23.1 Å². The van der Waals surface area contributed by atoms with Gasteiger partial charge in [-0.1, -0.05) is 12.1 Å². The molecule has 7 nitrogen and oxygen atoms in total. The van der Waals surface area contributed by atoms with Crippen molar-refractivity contribution < 1.29 is 18.0 Å². The smallest absolute Gasteiger partial charge is 0.256 e. The second kappa shape index (κ2) is 5.02. The van der Waals surface area contributed by atoms with Crippen LogP contribution in [0.4, 0.5) is 5.69 Å². The molecule has 2 heterocycles. The first-order chi connectivity index (χ1) is 11.4. The Labute approximate surface area is 138 Å². The standard InChI is InChI=1S/C16H15N3O4S/c1-19-8-9(7-14(19)20)18-24(22,23)13-6-5-12-15-10(13)3-2-4-11(15)16(21)17-12/h2-6,9,18H,7-8H2,1H3,(H,17,21). The molecular weight excluding hydrogens is 330 g/mol. The predicted molar refractivity (Wildman–Crippen MR) is 88.3 cm³/mol. The number of likely N-dealkylation sites (N-methyl/N-ethyl adjacent to an activating group) is 1. The number of anilines is 1. The third-order valence-electron chi connectivity index (χ3n) is 4.45. The summed E-state index contributed by atoms with van der Waals surface area (Å²) in [6.07, 6.45) is 0.150. The van der Waals surface area contributed by atoms with Crippen LogP contribution in [0.5, 0.6) is 0 Å². The van der Waals surface area contributed by atoms with Crippen molar-refractivity contribution in [2.75, 3.05) is 18.9 Å². The van der Waals surface area contributed by atoms with Crippen LogP contribution in [0.15, 0.2) is 35.2 Å². The Balaban J connectivity index is 1.78. The lowest BCUT2D eigenvalue weighted by Crippen LogP contribution is -2.36. The number of likely N-dealkylation sites (tertiary alicyclic amines) is 1. The third-order valence-corrected chi connectivity index (χ3v) is 6.02. The molecule has 24 heavy (non-hydrogen) atoms. The monoisotopic (exact) mass is 345 g/mol. The zero-order valence-electron chi connectivity index (χ0n) is 12.9. The van der Waals surface area contributed by atoms with Gasteiger partial charge in [-0.05, 0) is 18.2 Å².